The van der Waals surface area contributed by atoms with Crippen LogP contribution in [0.15, 0.2) is 0 Å². The highest BCUT2D eigenvalue weighted by Gasteiger charge is 2.35. The lowest BCUT2D eigenvalue weighted by molar-refractivity contribution is -0.147. The SMILES string of the molecule is COC(=O)C1CCCCN1C(=O)N1CCCC1. The van der Waals surface area contributed by atoms with E-state index in [0.29, 0.717) is 6.54 Å². The van der Waals surface area contributed by atoms with Crippen LogP contribution in [0.3, 0.4) is 0 Å². The van der Waals surface area contributed by atoms with Crippen molar-refractivity contribution in [1.82, 2.24) is 9.80 Å². The molecule has 2 fully saturated rings. The molecule has 5 nitrogen and oxygen atoms in total. The second-order valence-corrected chi connectivity index (χ2v) is 4.70. The van der Waals surface area contributed by atoms with Gasteiger partial charge in [0, 0.05) is 19.6 Å². The Kier molecular flexibility index (Phi) is 3.86. The summed E-state index contributed by atoms with van der Waals surface area (Å²) >= 11 is 0. The Bertz CT molecular complexity index is 300. The molecule has 2 heterocycles. The monoisotopic (exact) mass is 240 g/mol. The Balaban J connectivity index is 2.04. The van der Waals surface area contributed by atoms with Gasteiger partial charge in [-0.05, 0) is 32.1 Å². The molecule has 0 aromatic carbocycles. The van der Waals surface area contributed by atoms with Gasteiger partial charge in [-0.15, -0.1) is 0 Å². The summed E-state index contributed by atoms with van der Waals surface area (Å²) in [5.41, 5.74) is 0. The summed E-state index contributed by atoms with van der Waals surface area (Å²) in [6.07, 6.45) is 4.84. The molecule has 2 aliphatic heterocycles. The molecule has 0 aromatic heterocycles. The van der Waals surface area contributed by atoms with Gasteiger partial charge in [0.1, 0.15) is 6.04 Å². The molecule has 2 amide bonds. The van der Waals surface area contributed by atoms with Crippen molar-refractivity contribution in [3.63, 3.8) is 0 Å². The highest BCUT2D eigenvalue weighted by Crippen LogP contribution is 2.21. The maximum atomic E-state index is 12.3. The molecular weight excluding hydrogens is 220 g/mol. The number of amides is 2. The van der Waals surface area contributed by atoms with Gasteiger partial charge in [0.15, 0.2) is 0 Å². The molecule has 2 rings (SSSR count). The number of hydrogen-bond donors (Lipinski definition) is 0. The topological polar surface area (TPSA) is 49.9 Å². The maximum Gasteiger partial charge on any atom is 0.328 e. The maximum absolute atomic E-state index is 12.3. The first kappa shape index (κ1) is 12.2. The molecule has 96 valence electrons. The number of hydrogen-bond acceptors (Lipinski definition) is 3. The van der Waals surface area contributed by atoms with Crippen molar-refractivity contribution in [2.75, 3.05) is 26.7 Å². The standard InChI is InChI=1S/C12H20N2O3/c1-17-11(15)10-6-2-3-9-14(10)12(16)13-7-4-5-8-13/h10H,2-9H2,1H3. The smallest absolute Gasteiger partial charge is 0.328 e. The van der Waals surface area contributed by atoms with E-state index in [4.69, 9.17) is 4.74 Å². The van der Waals surface area contributed by atoms with Gasteiger partial charge in [-0.1, -0.05) is 0 Å². The Morgan fingerprint density at radius 1 is 1.06 bits per heavy atom. The van der Waals surface area contributed by atoms with Gasteiger partial charge in [-0.2, -0.15) is 0 Å². The molecule has 17 heavy (non-hydrogen) atoms. The van der Waals surface area contributed by atoms with Gasteiger partial charge in [0.25, 0.3) is 0 Å². The molecular formula is C12H20N2O3. The second kappa shape index (κ2) is 5.38. The third kappa shape index (κ3) is 2.53. The lowest BCUT2D eigenvalue weighted by atomic mass is 10.0. The molecule has 2 saturated heterocycles. The fraction of sp³-hybridized carbons (Fsp3) is 0.833. The Morgan fingerprint density at radius 3 is 2.35 bits per heavy atom. The molecule has 2 aliphatic rings. The van der Waals surface area contributed by atoms with Crippen molar-refractivity contribution in [2.45, 2.75) is 38.1 Å². The van der Waals surface area contributed by atoms with Gasteiger partial charge in [-0.25, -0.2) is 9.59 Å². The fourth-order valence-corrected chi connectivity index (χ4v) is 2.63. The van der Waals surface area contributed by atoms with Crippen LogP contribution in [0, 0.1) is 0 Å². The van der Waals surface area contributed by atoms with Crippen molar-refractivity contribution < 1.29 is 14.3 Å². The van der Waals surface area contributed by atoms with Gasteiger partial charge >= 0.3 is 12.0 Å². The normalized spacial score (nSPS) is 24.9. The Labute approximate surface area is 102 Å². The molecule has 0 radical (unpaired) electrons. The van der Waals surface area contributed by atoms with Crippen LogP contribution < -0.4 is 0 Å². The van der Waals surface area contributed by atoms with Crippen LogP contribution in [-0.2, 0) is 9.53 Å². The van der Waals surface area contributed by atoms with Crippen molar-refractivity contribution in [2.24, 2.45) is 0 Å². The predicted molar refractivity (Wildman–Crippen MR) is 62.6 cm³/mol. The third-order valence-electron chi connectivity index (χ3n) is 3.60. The van der Waals surface area contributed by atoms with E-state index in [2.05, 4.69) is 0 Å². The lowest BCUT2D eigenvalue weighted by Crippen LogP contribution is -2.52. The predicted octanol–water partition coefficient (Wildman–Crippen LogP) is 1.23. The number of likely N-dealkylation sites (tertiary alicyclic amines) is 2. The average Bonchev–Trinajstić information content (AvgIpc) is 2.91. The summed E-state index contributed by atoms with van der Waals surface area (Å²) in [5.74, 6) is -0.280. The van der Waals surface area contributed by atoms with Gasteiger partial charge in [0.05, 0.1) is 7.11 Å². The van der Waals surface area contributed by atoms with E-state index in [-0.39, 0.29) is 18.0 Å². The first-order valence-electron chi connectivity index (χ1n) is 6.37. The zero-order chi connectivity index (χ0) is 12.3. The van der Waals surface area contributed by atoms with Gasteiger partial charge in [-0.3, -0.25) is 0 Å². The van der Waals surface area contributed by atoms with Crippen molar-refractivity contribution in [3.05, 3.63) is 0 Å². The molecule has 0 aliphatic carbocycles. The largest absolute Gasteiger partial charge is 0.467 e. The van der Waals surface area contributed by atoms with Crippen LogP contribution in [0.4, 0.5) is 4.79 Å². The lowest BCUT2D eigenvalue weighted by Gasteiger charge is -2.36. The molecule has 0 N–H and O–H groups in total. The first-order chi connectivity index (χ1) is 8.24. The minimum Gasteiger partial charge on any atom is -0.467 e. The van der Waals surface area contributed by atoms with Crippen LogP contribution in [0.25, 0.3) is 0 Å². The van der Waals surface area contributed by atoms with E-state index in [1.165, 1.54) is 7.11 Å². The summed E-state index contributed by atoms with van der Waals surface area (Å²) in [5, 5.41) is 0. The van der Waals surface area contributed by atoms with Crippen LogP contribution in [0.5, 0.6) is 0 Å². The number of ether oxygens (including phenoxy) is 1. The molecule has 5 heteroatoms. The van der Waals surface area contributed by atoms with Crippen LogP contribution in [0.2, 0.25) is 0 Å². The minimum atomic E-state index is -0.373. The number of piperidine rings is 1. The van der Waals surface area contributed by atoms with E-state index >= 15 is 0 Å². The molecule has 1 atom stereocenters. The summed E-state index contributed by atoms with van der Waals surface area (Å²) in [6, 6.07) is -0.362. The molecule has 1 unspecified atom stereocenters. The minimum absolute atomic E-state index is 0.0117. The quantitative estimate of drug-likeness (QED) is 0.648. The van der Waals surface area contributed by atoms with Crippen molar-refractivity contribution >= 4 is 12.0 Å². The van der Waals surface area contributed by atoms with Crippen LogP contribution in [-0.4, -0.2) is 54.6 Å². The number of rotatable bonds is 1. The number of esters is 1. The van der Waals surface area contributed by atoms with Crippen molar-refractivity contribution in [3.8, 4) is 0 Å². The van der Waals surface area contributed by atoms with Crippen molar-refractivity contribution in [1.29, 1.82) is 0 Å². The van der Waals surface area contributed by atoms with E-state index < -0.39 is 0 Å². The molecule has 0 bridgehead atoms. The van der Waals surface area contributed by atoms with E-state index in [9.17, 15) is 9.59 Å². The van der Waals surface area contributed by atoms with E-state index in [0.717, 1.165) is 45.2 Å². The zero-order valence-electron chi connectivity index (χ0n) is 10.4. The van der Waals surface area contributed by atoms with Crippen LogP contribution in [0.1, 0.15) is 32.1 Å². The third-order valence-corrected chi connectivity index (χ3v) is 3.60. The number of carbonyl (C=O) groups excluding carboxylic acids is 2. The number of nitrogens with zero attached hydrogens (tertiary/aromatic N) is 2. The van der Waals surface area contributed by atoms with E-state index in [1.54, 1.807) is 4.90 Å². The summed E-state index contributed by atoms with van der Waals surface area (Å²) in [7, 11) is 1.38. The fourth-order valence-electron chi connectivity index (χ4n) is 2.63. The summed E-state index contributed by atoms with van der Waals surface area (Å²) in [6.45, 7) is 2.32. The molecule has 0 spiro atoms. The van der Waals surface area contributed by atoms with Gasteiger partial charge in [0.2, 0.25) is 0 Å². The Morgan fingerprint density at radius 2 is 1.71 bits per heavy atom. The van der Waals surface area contributed by atoms with Gasteiger partial charge < -0.3 is 14.5 Å². The summed E-state index contributed by atoms with van der Waals surface area (Å²) < 4.78 is 4.78. The number of carbonyl (C=O) groups is 2. The average molecular weight is 240 g/mol. The van der Waals surface area contributed by atoms with Crippen LogP contribution >= 0.6 is 0 Å². The van der Waals surface area contributed by atoms with E-state index in [1.807, 2.05) is 4.90 Å². The number of urea groups is 1. The molecule has 0 saturated carbocycles. The molecule has 0 aromatic rings. The highest BCUT2D eigenvalue weighted by molar-refractivity contribution is 5.84. The number of methoxy groups -OCH3 is 1. The highest BCUT2D eigenvalue weighted by atomic mass is 16.5. The zero-order valence-corrected chi connectivity index (χ0v) is 10.4. The first-order valence-corrected chi connectivity index (χ1v) is 6.37. The summed E-state index contributed by atoms with van der Waals surface area (Å²) in [4.78, 5) is 27.5. The Hall–Kier alpha value is -1.26. The second-order valence-electron chi connectivity index (χ2n) is 4.70.